The van der Waals surface area contributed by atoms with E-state index in [0.717, 1.165) is 12.2 Å². The summed E-state index contributed by atoms with van der Waals surface area (Å²) >= 11 is 1.53. The molecule has 2 rings (SSSR count). The van der Waals surface area contributed by atoms with Gasteiger partial charge in [0.1, 0.15) is 5.84 Å². The van der Waals surface area contributed by atoms with Crippen molar-refractivity contribution in [2.75, 3.05) is 5.75 Å². The van der Waals surface area contributed by atoms with Gasteiger partial charge in [-0.15, -0.1) is 0 Å². The average molecular weight is 268 g/mol. The van der Waals surface area contributed by atoms with Gasteiger partial charge < -0.3 is 0 Å². The Morgan fingerprint density at radius 2 is 2.06 bits per heavy atom. The summed E-state index contributed by atoms with van der Waals surface area (Å²) in [6.07, 6.45) is 4.77. The Morgan fingerprint density at radius 3 is 2.83 bits per heavy atom. The standard InChI is InChI=1S/C11H16N4O2S/c1-2-3-4-5-6-18-11-12-7-8(14-11)13-10(17)15-9(7)16/h7H,2-6H2,1H3,(H2,12,13,14,15,16,17). The molecule has 0 aromatic rings. The van der Waals surface area contributed by atoms with Gasteiger partial charge in [0.15, 0.2) is 11.2 Å². The Kier molecular flexibility index (Phi) is 4.35. The first-order valence-electron chi connectivity index (χ1n) is 6.11. The fourth-order valence-corrected chi connectivity index (χ4v) is 2.61. The fourth-order valence-electron chi connectivity index (χ4n) is 1.73. The second-order valence-corrected chi connectivity index (χ2v) is 5.23. The Balaban J connectivity index is 1.83. The second kappa shape index (κ2) is 5.99. The summed E-state index contributed by atoms with van der Waals surface area (Å²) in [5.41, 5.74) is 0. The third-order valence-corrected chi connectivity index (χ3v) is 3.62. The van der Waals surface area contributed by atoms with Crippen LogP contribution < -0.4 is 10.6 Å². The van der Waals surface area contributed by atoms with Crippen molar-refractivity contribution in [1.82, 2.24) is 10.6 Å². The minimum atomic E-state index is -0.666. The molecule has 2 aliphatic heterocycles. The molecule has 1 atom stereocenters. The highest BCUT2D eigenvalue weighted by molar-refractivity contribution is 8.13. The third kappa shape index (κ3) is 3.10. The molecule has 0 saturated carbocycles. The number of thioether (sulfide) groups is 1. The number of amides is 3. The number of aliphatic imine (C=N–C) groups is 2. The summed E-state index contributed by atoms with van der Waals surface area (Å²) in [4.78, 5) is 30.9. The number of hydrogen-bond donors (Lipinski definition) is 2. The van der Waals surface area contributed by atoms with E-state index >= 15 is 0 Å². The first-order chi connectivity index (χ1) is 8.70. The minimum absolute atomic E-state index is 0.347. The van der Waals surface area contributed by atoms with E-state index in [2.05, 4.69) is 27.5 Å². The summed E-state index contributed by atoms with van der Waals surface area (Å²) in [6.45, 7) is 2.17. The first kappa shape index (κ1) is 13.1. The fraction of sp³-hybridized carbons (Fsp3) is 0.636. The zero-order valence-corrected chi connectivity index (χ0v) is 11.0. The maximum absolute atomic E-state index is 11.5. The number of unbranched alkanes of at least 4 members (excludes halogenated alkanes) is 3. The van der Waals surface area contributed by atoms with Crippen molar-refractivity contribution in [2.24, 2.45) is 9.98 Å². The summed E-state index contributed by atoms with van der Waals surface area (Å²) in [6, 6.07) is -1.19. The van der Waals surface area contributed by atoms with Crippen LogP contribution in [0.5, 0.6) is 0 Å². The predicted octanol–water partition coefficient (Wildman–Crippen LogP) is 1.28. The number of carbonyl (C=O) groups is 2. The maximum atomic E-state index is 11.5. The molecule has 0 bridgehead atoms. The van der Waals surface area contributed by atoms with Crippen LogP contribution in [0.25, 0.3) is 0 Å². The summed E-state index contributed by atoms with van der Waals surface area (Å²) in [5.74, 6) is 0.886. The molecule has 1 unspecified atom stereocenters. The Bertz CT molecular complexity index is 419. The number of urea groups is 1. The van der Waals surface area contributed by atoms with Crippen molar-refractivity contribution in [1.29, 1.82) is 0 Å². The van der Waals surface area contributed by atoms with Crippen molar-refractivity contribution in [2.45, 2.75) is 38.6 Å². The number of nitrogens with one attached hydrogen (secondary N) is 2. The van der Waals surface area contributed by atoms with Crippen LogP contribution in [0, 0.1) is 0 Å². The number of nitrogens with zero attached hydrogens (tertiary/aromatic N) is 2. The number of carbonyl (C=O) groups excluding carboxylic acids is 2. The molecular weight excluding hydrogens is 252 g/mol. The van der Waals surface area contributed by atoms with Gasteiger partial charge in [-0.05, 0) is 6.42 Å². The molecule has 7 heteroatoms. The largest absolute Gasteiger partial charge is 0.326 e. The molecule has 2 N–H and O–H groups in total. The zero-order chi connectivity index (χ0) is 13.0. The predicted molar refractivity (Wildman–Crippen MR) is 71.9 cm³/mol. The van der Waals surface area contributed by atoms with Gasteiger partial charge in [-0.3, -0.25) is 15.4 Å². The number of fused-ring (bicyclic) bond motifs is 1. The molecule has 0 aromatic heterocycles. The quantitative estimate of drug-likeness (QED) is 0.737. The number of rotatable bonds is 5. The van der Waals surface area contributed by atoms with E-state index in [9.17, 15) is 9.59 Å². The molecule has 3 amide bonds. The lowest BCUT2D eigenvalue weighted by Crippen LogP contribution is -2.57. The first-order valence-corrected chi connectivity index (χ1v) is 7.10. The zero-order valence-electron chi connectivity index (χ0n) is 10.2. The monoisotopic (exact) mass is 268 g/mol. The Labute approximate surface area is 110 Å². The molecule has 6 nitrogen and oxygen atoms in total. The van der Waals surface area contributed by atoms with Crippen LogP contribution >= 0.6 is 11.8 Å². The molecule has 1 saturated heterocycles. The third-order valence-electron chi connectivity index (χ3n) is 2.67. The lowest BCUT2D eigenvalue weighted by Gasteiger charge is -2.16. The van der Waals surface area contributed by atoms with Gasteiger partial charge in [-0.25, -0.2) is 14.8 Å². The Morgan fingerprint density at radius 1 is 1.22 bits per heavy atom. The normalized spacial score (nSPS) is 21.9. The van der Waals surface area contributed by atoms with Crippen molar-refractivity contribution in [3.8, 4) is 0 Å². The average Bonchev–Trinajstić information content (AvgIpc) is 2.72. The van der Waals surface area contributed by atoms with Crippen molar-refractivity contribution in [3.05, 3.63) is 0 Å². The molecule has 98 valence electrons. The van der Waals surface area contributed by atoms with Gasteiger partial charge >= 0.3 is 6.03 Å². The lowest BCUT2D eigenvalue weighted by atomic mass is 10.2. The molecule has 2 aliphatic rings. The SMILES string of the molecule is CCCCCCSC1=NC2C(=O)NC(=O)NC2=N1. The molecule has 18 heavy (non-hydrogen) atoms. The van der Waals surface area contributed by atoms with Crippen LogP contribution in [0.4, 0.5) is 4.79 Å². The van der Waals surface area contributed by atoms with E-state index < -0.39 is 18.0 Å². The van der Waals surface area contributed by atoms with E-state index in [1.54, 1.807) is 0 Å². The van der Waals surface area contributed by atoms with Crippen molar-refractivity contribution >= 4 is 34.7 Å². The summed E-state index contributed by atoms with van der Waals surface area (Å²) < 4.78 is 0. The molecule has 0 spiro atoms. The molecular formula is C11H16N4O2S. The number of imide groups is 1. The molecule has 0 aromatic carbocycles. The van der Waals surface area contributed by atoms with Gasteiger partial charge in [-0.2, -0.15) is 0 Å². The van der Waals surface area contributed by atoms with Gasteiger partial charge in [0.25, 0.3) is 5.91 Å². The van der Waals surface area contributed by atoms with Crippen LogP contribution in [0.2, 0.25) is 0 Å². The second-order valence-electron chi connectivity index (χ2n) is 4.16. The van der Waals surface area contributed by atoms with Crippen molar-refractivity contribution in [3.63, 3.8) is 0 Å². The van der Waals surface area contributed by atoms with Gasteiger partial charge in [0, 0.05) is 5.75 Å². The topological polar surface area (TPSA) is 82.9 Å². The highest BCUT2D eigenvalue weighted by Crippen LogP contribution is 2.18. The molecule has 0 aliphatic carbocycles. The van der Waals surface area contributed by atoms with E-state index in [1.807, 2.05) is 0 Å². The maximum Gasteiger partial charge on any atom is 0.326 e. The van der Waals surface area contributed by atoms with Gasteiger partial charge in [0.05, 0.1) is 0 Å². The minimum Gasteiger partial charge on any atom is -0.293 e. The highest BCUT2D eigenvalue weighted by atomic mass is 32.2. The Hall–Kier alpha value is -1.37. The lowest BCUT2D eigenvalue weighted by molar-refractivity contribution is -0.120. The van der Waals surface area contributed by atoms with Crippen LogP contribution in [0.3, 0.4) is 0 Å². The van der Waals surface area contributed by atoms with E-state index in [1.165, 1.54) is 31.0 Å². The molecule has 0 radical (unpaired) electrons. The van der Waals surface area contributed by atoms with Crippen LogP contribution in [-0.2, 0) is 4.79 Å². The summed E-state index contributed by atoms with van der Waals surface area (Å²) in [5, 5.41) is 5.26. The number of hydrogen-bond acceptors (Lipinski definition) is 5. The van der Waals surface area contributed by atoms with E-state index in [0.29, 0.717) is 11.0 Å². The van der Waals surface area contributed by atoms with E-state index in [4.69, 9.17) is 0 Å². The number of amidine groups is 2. The smallest absolute Gasteiger partial charge is 0.293 e. The van der Waals surface area contributed by atoms with Gasteiger partial charge in [-0.1, -0.05) is 37.9 Å². The van der Waals surface area contributed by atoms with Crippen LogP contribution in [0.1, 0.15) is 32.6 Å². The molecule has 1 fully saturated rings. The van der Waals surface area contributed by atoms with Crippen LogP contribution in [-0.4, -0.2) is 34.7 Å². The highest BCUT2D eigenvalue weighted by Gasteiger charge is 2.35. The molecule has 2 heterocycles. The van der Waals surface area contributed by atoms with Gasteiger partial charge in [0.2, 0.25) is 0 Å². The van der Waals surface area contributed by atoms with Crippen LogP contribution in [0.15, 0.2) is 9.98 Å². The summed E-state index contributed by atoms with van der Waals surface area (Å²) in [7, 11) is 0. The van der Waals surface area contributed by atoms with Crippen molar-refractivity contribution < 1.29 is 9.59 Å². The van der Waals surface area contributed by atoms with E-state index in [-0.39, 0.29) is 0 Å².